The predicted octanol–water partition coefficient (Wildman–Crippen LogP) is 4.39. The molecule has 0 saturated heterocycles. The molecule has 1 aliphatic rings. The smallest absolute Gasteiger partial charge is 0.338 e. The molecule has 1 N–H and O–H groups in total. The zero-order valence-corrected chi connectivity index (χ0v) is 19.7. The highest BCUT2D eigenvalue weighted by atomic mass is 16.5. The van der Waals surface area contributed by atoms with Gasteiger partial charge in [-0.15, -0.1) is 0 Å². The lowest BCUT2D eigenvalue weighted by molar-refractivity contribution is -0.123. The van der Waals surface area contributed by atoms with Crippen LogP contribution in [0.3, 0.4) is 0 Å². The van der Waals surface area contributed by atoms with Gasteiger partial charge < -0.3 is 10.1 Å². The average Bonchev–Trinajstić information content (AvgIpc) is 3.07. The molecule has 0 radical (unpaired) electrons. The molecule has 3 rings (SSSR count). The van der Waals surface area contributed by atoms with Crippen molar-refractivity contribution < 1.29 is 23.9 Å². The first kappa shape index (κ1) is 24.2. The summed E-state index contributed by atoms with van der Waals surface area (Å²) >= 11 is 0. The average molecular weight is 451 g/mol. The highest BCUT2D eigenvalue weighted by Crippen LogP contribution is 2.27. The summed E-state index contributed by atoms with van der Waals surface area (Å²) in [6.07, 6.45) is 1.10. The SMILES string of the molecule is CCc1cccc(CC)c1NC(=O)C(C)OC(=O)c1ccc2c(c1)C(=O)N(C(C)CC)C2=O. The van der Waals surface area contributed by atoms with Crippen molar-refractivity contribution >= 4 is 29.4 Å². The highest BCUT2D eigenvalue weighted by Gasteiger charge is 2.38. The van der Waals surface area contributed by atoms with E-state index in [1.165, 1.54) is 30.0 Å². The predicted molar refractivity (Wildman–Crippen MR) is 125 cm³/mol. The number of esters is 1. The zero-order valence-electron chi connectivity index (χ0n) is 19.7. The van der Waals surface area contributed by atoms with Crippen LogP contribution in [-0.2, 0) is 22.4 Å². The van der Waals surface area contributed by atoms with Gasteiger partial charge >= 0.3 is 5.97 Å². The van der Waals surface area contributed by atoms with Gasteiger partial charge in [-0.3, -0.25) is 19.3 Å². The molecule has 2 aromatic carbocycles. The van der Waals surface area contributed by atoms with E-state index in [0.717, 1.165) is 29.7 Å². The normalized spacial score (nSPS) is 14.6. The van der Waals surface area contributed by atoms with Crippen LogP contribution in [0.4, 0.5) is 5.69 Å². The Balaban J connectivity index is 1.74. The molecule has 0 fully saturated rings. The molecule has 3 amide bonds. The van der Waals surface area contributed by atoms with E-state index < -0.39 is 23.9 Å². The van der Waals surface area contributed by atoms with Crippen LogP contribution < -0.4 is 5.32 Å². The summed E-state index contributed by atoms with van der Waals surface area (Å²) in [6.45, 7) is 9.22. The number of hydrogen-bond donors (Lipinski definition) is 1. The van der Waals surface area contributed by atoms with Crippen molar-refractivity contribution in [2.24, 2.45) is 0 Å². The number of carbonyl (C=O) groups is 4. The number of anilines is 1. The molecule has 1 heterocycles. The summed E-state index contributed by atoms with van der Waals surface area (Å²) in [5.41, 5.74) is 3.33. The van der Waals surface area contributed by atoms with Crippen molar-refractivity contribution in [2.75, 3.05) is 5.32 Å². The second-order valence-corrected chi connectivity index (χ2v) is 8.19. The van der Waals surface area contributed by atoms with E-state index in [4.69, 9.17) is 4.74 Å². The van der Waals surface area contributed by atoms with Crippen LogP contribution in [0, 0.1) is 0 Å². The lowest BCUT2D eigenvalue weighted by Gasteiger charge is -2.20. The molecule has 0 aromatic heterocycles. The Bertz CT molecular complexity index is 1090. The first-order valence-corrected chi connectivity index (χ1v) is 11.4. The number of fused-ring (bicyclic) bond motifs is 1. The van der Waals surface area contributed by atoms with Gasteiger partial charge in [0.15, 0.2) is 6.10 Å². The summed E-state index contributed by atoms with van der Waals surface area (Å²) in [5.74, 6) is -1.96. The first-order chi connectivity index (χ1) is 15.7. The van der Waals surface area contributed by atoms with Gasteiger partial charge in [0.1, 0.15) is 0 Å². The first-order valence-electron chi connectivity index (χ1n) is 11.4. The van der Waals surface area contributed by atoms with E-state index in [1.807, 2.05) is 39.0 Å². The van der Waals surface area contributed by atoms with E-state index >= 15 is 0 Å². The van der Waals surface area contributed by atoms with Crippen LogP contribution in [0.25, 0.3) is 0 Å². The Morgan fingerprint density at radius 2 is 1.55 bits per heavy atom. The lowest BCUT2D eigenvalue weighted by Crippen LogP contribution is -2.37. The zero-order chi connectivity index (χ0) is 24.3. The van der Waals surface area contributed by atoms with Gasteiger partial charge in [0, 0.05) is 11.7 Å². The number of nitrogens with one attached hydrogen (secondary N) is 1. The number of carbonyl (C=O) groups excluding carboxylic acids is 4. The molecule has 174 valence electrons. The molecule has 0 bridgehead atoms. The van der Waals surface area contributed by atoms with Gasteiger partial charge in [0.05, 0.1) is 16.7 Å². The van der Waals surface area contributed by atoms with Crippen molar-refractivity contribution in [1.29, 1.82) is 0 Å². The van der Waals surface area contributed by atoms with Gasteiger partial charge in [0.2, 0.25) is 0 Å². The molecule has 0 aliphatic carbocycles. The number of ether oxygens (including phenoxy) is 1. The van der Waals surface area contributed by atoms with Crippen LogP contribution in [0.5, 0.6) is 0 Å². The monoisotopic (exact) mass is 450 g/mol. The molecule has 2 atom stereocenters. The maximum absolute atomic E-state index is 12.8. The number of benzene rings is 2. The Hall–Kier alpha value is -3.48. The third-order valence-corrected chi connectivity index (χ3v) is 6.09. The number of hydrogen-bond acceptors (Lipinski definition) is 5. The van der Waals surface area contributed by atoms with Gasteiger partial charge in [-0.25, -0.2) is 4.79 Å². The molecule has 2 unspecified atom stereocenters. The molecular weight excluding hydrogens is 420 g/mol. The number of aryl methyl sites for hydroxylation is 2. The third kappa shape index (κ3) is 4.67. The molecule has 7 nitrogen and oxygen atoms in total. The van der Waals surface area contributed by atoms with Crippen LogP contribution in [0.15, 0.2) is 36.4 Å². The summed E-state index contributed by atoms with van der Waals surface area (Å²) in [5, 5.41) is 2.90. The van der Waals surface area contributed by atoms with E-state index in [0.29, 0.717) is 6.42 Å². The minimum absolute atomic E-state index is 0.115. The Morgan fingerprint density at radius 1 is 0.939 bits per heavy atom. The topological polar surface area (TPSA) is 92.8 Å². The third-order valence-electron chi connectivity index (χ3n) is 6.09. The van der Waals surface area contributed by atoms with Crippen LogP contribution in [0.2, 0.25) is 0 Å². The number of imide groups is 1. The molecule has 1 aliphatic heterocycles. The van der Waals surface area contributed by atoms with Crippen molar-refractivity contribution in [3.8, 4) is 0 Å². The van der Waals surface area contributed by atoms with E-state index in [9.17, 15) is 19.2 Å². The molecule has 2 aromatic rings. The number of nitrogens with zero attached hydrogens (tertiary/aromatic N) is 1. The van der Waals surface area contributed by atoms with E-state index in [1.54, 1.807) is 6.92 Å². The number of amides is 3. The Morgan fingerprint density at radius 3 is 2.12 bits per heavy atom. The highest BCUT2D eigenvalue weighted by molar-refractivity contribution is 6.22. The lowest BCUT2D eigenvalue weighted by atomic mass is 10.0. The van der Waals surface area contributed by atoms with Gasteiger partial charge in [-0.2, -0.15) is 0 Å². The van der Waals surface area contributed by atoms with Gasteiger partial charge in [0.25, 0.3) is 17.7 Å². The fraction of sp³-hybridized carbons (Fsp3) is 0.385. The number of rotatable bonds is 8. The fourth-order valence-corrected chi connectivity index (χ4v) is 3.88. The molecular formula is C26H30N2O5. The number of para-hydroxylation sites is 1. The second kappa shape index (κ2) is 9.98. The summed E-state index contributed by atoms with van der Waals surface area (Å²) in [7, 11) is 0. The molecule has 0 saturated carbocycles. The Kier molecular flexibility index (Phi) is 7.31. The van der Waals surface area contributed by atoms with Crippen molar-refractivity contribution in [3.05, 3.63) is 64.2 Å². The molecule has 0 spiro atoms. The standard InChI is InChI=1S/C26H30N2O5/c1-6-15(4)28-24(30)20-13-12-19(14-21(20)25(28)31)26(32)33-16(5)23(29)27-22-17(7-2)10-9-11-18(22)8-3/h9-16H,6-8H2,1-5H3,(H,27,29). The second-order valence-electron chi connectivity index (χ2n) is 8.19. The van der Waals surface area contributed by atoms with Gasteiger partial charge in [-0.1, -0.05) is 39.0 Å². The van der Waals surface area contributed by atoms with Gasteiger partial charge in [-0.05, 0) is 62.4 Å². The minimum Gasteiger partial charge on any atom is -0.449 e. The minimum atomic E-state index is -1.05. The van der Waals surface area contributed by atoms with E-state index in [-0.39, 0.29) is 28.6 Å². The maximum Gasteiger partial charge on any atom is 0.338 e. The fourth-order valence-electron chi connectivity index (χ4n) is 3.88. The molecule has 33 heavy (non-hydrogen) atoms. The quantitative estimate of drug-likeness (QED) is 0.476. The van der Waals surface area contributed by atoms with E-state index in [2.05, 4.69) is 5.32 Å². The van der Waals surface area contributed by atoms with Crippen LogP contribution in [-0.4, -0.2) is 40.7 Å². The summed E-state index contributed by atoms with van der Waals surface area (Å²) in [4.78, 5) is 52.0. The summed E-state index contributed by atoms with van der Waals surface area (Å²) in [6, 6.07) is 9.90. The van der Waals surface area contributed by atoms with Crippen molar-refractivity contribution in [3.63, 3.8) is 0 Å². The largest absolute Gasteiger partial charge is 0.449 e. The summed E-state index contributed by atoms with van der Waals surface area (Å²) < 4.78 is 5.37. The van der Waals surface area contributed by atoms with Crippen molar-refractivity contribution in [2.45, 2.75) is 66.0 Å². The maximum atomic E-state index is 12.8. The van der Waals surface area contributed by atoms with Crippen molar-refractivity contribution in [1.82, 2.24) is 4.90 Å². The van der Waals surface area contributed by atoms with Crippen LogP contribution >= 0.6 is 0 Å². The Labute approximate surface area is 194 Å². The molecule has 7 heteroatoms. The van der Waals surface area contributed by atoms with Crippen LogP contribution in [0.1, 0.15) is 83.2 Å².